The third kappa shape index (κ3) is 2.45. The molecular weight excluding hydrogens is 182 g/mol. The van der Waals surface area contributed by atoms with E-state index in [4.69, 9.17) is 17.3 Å². The Hall–Kier alpha value is -0.530. The second-order valence-electron chi connectivity index (χ2n) is 3.78. The molecule has 13 heavy (non-hydrogen) atoms. The molecule has 1 atom stereocenters. The molecule has 72 valence electrons. The summed E-state index contributed by atoms with van der Waals surface area (Å²) in [7, 11) is 0. The molecule has 0 unspecified atom stereocenters. The highest BCUT2D eigenvalue weighted by Crippen LogP contribution is 2.23. The lowest BCUT2D eigenvalue weighted by Gasteiger charge is -2.16. The maximum atomic E-state index is 6.01. The first kappa shape index (κ1) is 10.6. The van der Waals surface area contributed by atoms with Gasteiger partial charge in [0, 0.05) is 11.1 Å². The summed E-state index contributed by atoms with van der Waals surface area (Å²) >= 11 is 6.01. The van der Waals surface area contributed by atoms with Gasteiger partial charge < -0.3 is 5.73 Å². The van der Waals surface area contributed by atoms with Crippen LogP contribution in [0.3, 0.4) is 0 Å². The molecule has 0 aliphatic rings. The minimum absolute atomic E-state index is 0.0816. The number of halogens is 1. The first-order chi connectivity index (χ1) is 6.02. The van der Waals surface area contributed by atoms with Crippen LogP contribution in [0.1, 0.15) is 31.0 Å². The van der Waals surface area contributed by atoms with Crippen molar-refractivity contribution in [2.24, 2.45) is 11.7 Å². The molecule has 0 radical (unpaired) electrons. The van der Waals surface area contributed by atoms with Crippen molar-refractivity contribution in [3.63, 3.8) is 0 Å². The highest BCUT2D eigenvalue weighted by Gasteiger charge is 2.10. The van der Waals surface area contributed by atoms with E-state index in [0.29, 0.717) is 5.92 Å². The maximum absolute atomic E-state index is 6.01. The molecule has 0 heterocycles. The summed E-state index contributed by atoms with van der Waals surface area (Å²) in [5.74, 6) is 0.443. The number of hydrogen-bond donors (Lipinski definition) is 1. The largest absolute Gasteiger partial charge is 0.324 e. The van der Waals surface area contributed by atoms with E-state index >= 15 is 0 Å². The smallest absolute Gasteiger partial charge is 0.0438 e. The summed E-state index contributed by atoms with van der Waals surface area (Å²) in [5, 5.41) is 0.800. The van der Waals surface area contributed by atoms with Crippen molar-refractivity contribution >= 4 is 11.6 Å². The Bertz CT molecular complexity index is 294. The number of benzene rings is 1. The standard InChI is InChI=1S/C11H16ClN/c1-7(2)11(13)9-5-4-8(3)10(12)6-9/h4-7,11H,13H2,1-3H3/t11-/m0/s1. The summed E-state index contributed by atoms with van der Waals surface area (Å²) in [6, 6.07) is 6.10. The van der Waals surface area contributed by atoms with Gasteiger partial charge in [-0.2, -0.15) is 0 Å². The molecule has 0 bridgehead atoms. The van der Waals surface area contributed by atoms with Gasteiger partial charge in [0.15, 0.2) is 0 Å². The van der Waals surface area contributed by atoms with Crippen molar-refractivity contribution in [2.75, 3.05) is 0 Å². The SMILES string of the molecule is Cc1ccc([C@@H](N)C(C)C)cc1Cl. The minimum Gasteiger partial charge on any atom is -0.324 e. The van der Waals surface area contributed by atoms with Crippen molar-refractivity contribution in [3.05, 3.63) is 34.3 Å². The Balaban J connectivity index is 2.97. The zero-order valence-electron chi connectivity index (χ0n) is 8.34. The van der Waals surface area contributed by atoms with Crippen LogP contribution in [0.25, 0.3) is 0 Å². The van der Waals surface area contributed by atoms with Gasteiger partial charge in [0.25, 0.3) is 0 Å². The topological polar surface area (TPSA) is 26.0 Å². The fourth-order valence-corrected chi connectivity index (χ4v) is 1.39. The molecule has 1 nitrogen and oxygen atoms in total. The van der Waals surface area contributed by atoms with E-state index in [1.165, 1.54) is 0 Å². The van der Waals surface area contributed by atoms with Gasteiger partial charge in [-0.3, -0.25) is 0 Å². The van der Waals surface area contributed by atoms with Crippen LogP contribution in [0, 0.1) is 12.8 Å². The normalized spacial score (nSPS) is 13.4. The number of aryl methyl sites for hydroxylation is 1. The first-order valence-corrected chi connectivity index (χ1v) is 4.92. The van der Waals surface area contributed by atoms with Crippen LogP contribution in [0.2, 0.25) is 5.02 Å². The van der Waals surface area contributed by atoms with Crippen LogP contribution in [0.5, 0.6) is 0 Å². The molecule has 0 aliphatic heterocycles. The number of hydrogen-bond acceptors (Lipinski definition) is 1. The molecule has 1 aromatic carbocycles. The molecule has 0 spiro atoms. The van der Waals surface area contributed by atoms with Gasteiger partial charge in [-0.1, -0.05) is 37.6 Å². The van der Waals surface area contributed by atoms with E-state index in [2.05, 4.69) is 13.8 Å². The molecule has 2 heteroatoms. The van der Waals surface area contributed by atoms with Gasteiger partial charge in [0.05, 0.1) is 0 Å². The van der Waals surface area contributed by atoms with Crippen LogP contribution < -0.4 is 5.73 Å². The Morgan fingerprint density at radius 3 is 2.38 bits per heavy atom. The first-order valence-electron chi connectivity index (χ1n) is 4.54. The van der Waals surface area contributed by atoms with Crippen LogP contribution in [-0.4, -0.2) is 0 Å². The molecule has 0 aliphatic carbocycles. The summed E-state index contributed by atoms with van der Waals surface area (Å²) in [4.78, 5) is 0. The number of rotatable bonds is 2. The van der Waals surface area contributed by atoms with Crippen molar-refractivity contribution < 1.29 is 0 Å². The summed E-state index contributed by atoms with van der Waals surface area (Å²) < 4.78 is 0. The van der Waals surface area contributed by atoms with Crippen molar-refractivity contribution in [2.45, 2.75) is 26.8 Å². The second kappa shape index (κ2) is 4.12. The van der Waals surface area contributed by atoms with Gasteiger partial charge in [-0.15, -0.1) is 0 Å². The monoisotopic (exact) mass is 197 g/mol. The van der Waals surface area contributed by atoms with Gasteiger partial charge >= 0.3 is 0 Å². The Morgan fingerprint density at radius 1 is 1.31 bits per heavy atom. The third-order valence-electron chi connectivity index (χ3n) is 2.30. The average Bonchev–Trinajstić information content (AvgIpc) is 2.08. The molecule has 0 amide bonds. The van der Waals surface area contributed by atoms with Crippen molar-refractivity contribution in [3.8, 4) is 0 Å². The summed E-state index contributed by atoms with van der Waals surface area (Å²) in [5.41, 5.74) is 8.21. The maximum Gasteiger partial charge on any atom is 0.0438 e. The lowest BCUT2D eigenvalue weighted by molar-refractivity contribution is 0.514. The van der Waals surface area contributed by atoms with E-state index in [1.54, 1.807) is 0 Å². The second-order valence-corrected chi connectivity index (χ2v) is 4.19. The predicted molar refractivity (Wildman–Crippen MR) is 58.0 cm³/mol. The fourth-order valence-electron chi connectivity index (χ4n) is 1.20. The van der Waals surface area contributed by atoms with Gasteiger partial charge in [0.2, 0.25) is 0 Å². The molecule has 0 aromatic heterocycles. The highest BCUT2D eigenvalue weighted by molar-refractivity contribution is 6.31. The Labute approximate surface area is 84.9 Å². The summed E-state index contributed by atoms with van der Waals surface area (Å²) in [6.07, 6.45) is 0. The molecule has 0 saturated heterocycles. The molecular formula is C11H16ClN. The van der Waals surface area contributed by atoms with E-state index < -0.39 is 0 Å². The summed E-state index contributed by atoms with van der Waals surface area (Å²) in [6.45, 7) is 6.21. The molecule has 1 rings (SSSR count). The fraction of sp³-hybridized carbons (Fsp3) is 0.455. The Morgan fingerprint density at radius 2 is 1.92 bits per heavy atom. The third-order valence-corrected chi connectivity index (χ3v) is 2.71. The van der Waals surface area contributed by atoms with Crippen LogP contribution in [0.4, 0.5) is 0 Å². The predicted octanol–water partition coefficient (Wildman–Crippen LogP) is 3.30. The van der Waals surface area contributed by atoms with Crippen molar-refractivity contribution in [1.29, 1.82) is 0 Å². The highest BCUT2D eigenvalue weighted by atomic mass is 35.5. The van der Waals surface area contributed by atoms with E-state index in [0.717, 1.165) is 16.1 Å². The lowest BCUT2D eigenvalue weighted by Crippen LogP contribution is -2.16. The molecule has 1 aromatic rings. The van der Waals surface area contributed by atoms with Gasteiger partial charge in [-0.25, -0.2) is 0 Å². The minimum atomic E-state index is 0.0816. The van der Waals surface area contributed by atoms with Crippen LogP contribution in [0.15, 0.2) is 18.2 Å². The molecule has 0 fully saturated rings. The molecule has 0 saturated carbocycles. The average molecular weight is 198 g/mol. The van der Waals surface area contributed by atoms with Gasteiger partial charge in [0.1, 0.15) is 0 Å². The van der Waals surface area contributed by atoms with E-state index in [-0.39, 0.29) is 6.04 Å². The Kier molecular flexibility index (Phi) is 3.34. The zero-order valence-corrected chi connectivity index (χ0v) is 9.10. The molecule has 2 N–H and O–H groups in total. The van der Waals surface area contributed by atoms with Gasteiger partial charge in [-0.05, 0) is 30.0 Å². The quantitative estimate of drug-likeness (QED) is 0.774. The van der Waals surface area contributed by atoms with Crippen LogP contribution in [-0.2, 0) is 0 Å². The van der Waals surface area contributed by atoms with E-state index in [1.807, 2.05) is 25.1 Å². The zero-order chi connectivity index (χ0) is 10.0. The van der Waals surface area contributed by atoms with Crippen LogP contribution >= 0.6 is 11.6 Å². The number of nitrogens with two attached hydrogens (primary N) is 1. The lowest BCUT2D eigenvalue weighted by atomic mass is 9.96. The van der Waals surface area contributed by atoms with E-state index in [9.17, 15) is 0 Å². The van der Waals surface area contributed by atoms with Crippen molar-refractivity contribution in [1.82, 2.24) is 0 Å².